The zero-order chi connectivity index (χ0) is 13.0. The third kappa shape index (κ3) is 3.78. The van der Waals surface area contributed by atoms with Crippen molar-refractivity contribution in [2.45, 2.75) is 19.8 Å². The topological polar surface area (TPSA) is 54.9 Å². The first-order valence-electron chi connectivity index (χ1n) is 5.48. The molecule has 0 radical (unpaired) electrons. The van der Waals surface area contributed by atoms with Gasteiger partial charge in [-0.25, -0.2) is 0 Å². The average molecular weight is 282 g/mol. The number of hydrogen-bond donors (Lipinski definition) is 1. The number of halogens is 1. The minimum absolute atomic E-state index is 0.0545. The Morgan fingerprint density at radius 2 is 2.06 bits per heavy atom. The number of benzene rings is 1. The van der Waals surface area contributed by atoms with Gasteiger partial charge in [-0.1, -0.05) is 35.1 Å². The smallest absolute Gasteiger partial charge is 0.226 e. The Morgan fingerprint density at radius 1 is 1.33 bits per heavy atom. The molecule has 0 unspecified atom stereocenters. The Labute approximate surface area is 114 Å². The Bertz CT molecular complexity index is 539. The van der Waals surface area contributed by atoms with Gasteiger partial charge < -0.3 is 5.32 Å². The van der Waals surface area contributed by atoms with Crippen LogP contribution in [0.5, 0.6) is 0 Å². The highest BCUT2D eigenvalue weighted by atomic mass is 35.5. The van der Waals surface area contributed by atoms with Crippen LogP contribution in [0.2, 0.25) is 5.02 Å². The second kappa shape index (κ2) is 5.93. The first kappa shape index (κ1) is 13.0. The summed E-state index contributed by atoms with van der Waals surface area (Å²) in [5.74, 6) is -0.0545. The van der Waals surface area contributed by atoms with E-state index in [1.807, 2.05) is 31.2 Å². The number of carbonyl (C=O) groups is 1. The number of nitrogens with zero attached hydrogens (tertiary/aromatic N) is 2. The van der Waals surface area contributed by atoms with E-state index in [1.54, 1.807) is 0 Å². The number of nitrogens with one attached hydrogen (secondary N) is 1. The Balaban J connectivity index is 1.83. The van der Waals surface area contributed by atoms with Gasteiger partial charge >= 0.3 is 0 Å². The highest BCUT2D eigenvalue weighted by molar-refractivity contribution is 7.15. The first-order chi connectivity index (χ1) is 8.63. The SMILES string of the molecule is Cc1nnc(NC(=O)CCc2ccc(Cl)cc2)s1. The zero-order valence-corrected chi connectivity index (χ0v) is 11.4. The van der Waals surface area contributed by atoms with Crippen LogP contribution in [0.3, 0.4) is 0 Å². The standard InChI is InChI=1S/C12H12ClN3OS/c1-8-15-16-12(18-8)14-11(17)7-4-9-2-5-10(13)6-3-9/h2-3,5-6H,4,7H2,1H3,(H,14,16,17). The largest absolute Gasteiger partial charge is 0.301 e. The van der Waals surface area contributed by atoms with Gasteiger partial charge in [-0.3, -0.25) is 4.79 Å². The Hall–Kier alpha value is -1.46. The van der Waals surface area contributed by atoms with Crippen molar-refractivity contribution in [3.8, 4) is 0 Å². The number of rotatable bonds is 4. The molecule has 18 heavy (non-hydrogen) atoms. The molecule has 0 saturated carbocycles. The van der Waals surface area contributed by atoms with E-state index in [4.69, 9.17) is 11.6 Å². The summed E-state index contributed by atoms with van der Waals surface area (Å²) >= 11 is 7.16. The van der Waals surface area contributed by atoms with E-state index in [0.29, 0.717) is 23.0 Å². The van der Waals surface area contributed by atoms with Crippen molar-refractivity contribution < 1.29 is 4.79 Å². The number of carbonyl (C=O) groups excluding carboxylic acids is 1. The molecule has 1 N–H and O–H groups in total. The quantitative estimate of drug-likeness (QED) is 0.937. The lowest BCUT2D eigenvalue weighted by Crippen LogP contribution is -2.12. The van der Waals surface area contributed by atoms with Gasteiger partial charge in [-0.15, -0.1) is 10.2 Å². The molecule has 0 atom stereocenters. The monoisotopic (exact) mass is 281 g/mol. The van der Waals surface area contributed by atoms with Gasteiger partial charge in [0.2, 0.25) is 11.0 Å². The lowest BCUT2D eigenvalue weighted by Gasteiger charge is -2.02. The summed E-state index contributed by atoms with van der Waals surface area (Å²) in [7, 11) is 0. The number of hydrogen-bond acceptors (Lipinski definition) is 4. The van der Waals surface area contributed by atoms with Crippen LogP contribution >= 0.6 is 22.9 Å². The fourth-order valence-electron chi connectivity index (χ4n) is 1.44. The molecule has 4 nitrogen and oxygen atoms in total. The maximum atomic E-state index is 11.7. The van der Waals surface area contributed by atoms with Crippen LogP contribution in [0.25, 0.3) is 0 Å². The second-order valence-corrected chi connectivity index (χ2v) is 5.42. The predicted octanol–water partition coefficient (Wildman–Crippen LogP) is 3.07. The summed E-state index contributed by atoms with van der Waals surface area (Å²) in [4.78, 5) is 11.7. The van der Waals surface area contributed by atoms with E-state index in [0.717, 1.165) is 10.6 Å². The molecule has 2 aromatic rings. The third-order valence-corrected chi connectivity index (χ3v) is 3.33. The highest BCUT2D eigenvalue weighted by Crippen LogP contribution is 2.15. The van der Waals surface area contributed by atoms with Gasteiger partial charge in [0.1, 0.15) is 5.01 Å². The van der Waals surface area contributed by atoms with Crippen LogP contribution in [0.1, 0.15) is 17.0 Å². The molecule has 1 aromatic heterocycles. The van der Waals surface area contributed by atoms with E-state index in [2.05, 4.69) is 15.5 Å². The molecule has 2 rings (SSSR count). The van der Waals surface area contributed by atoms with E-state index >= 15 is 0 Å². The Kier molecular flexibility index (Phi) is 4.28. The van der Waals surface area contributed by atoms with Crippen LogP contribution in [0.4, 0.5) is 5.13 Å². The highest BCUT2D eigenvalue weighted by Gasteiger charge is 2.06. The van der Waals surface area contributed by atoms with Crippen molar-refractivity contribution in [2.24, 2.45) is 0 Å². The molecule has 0 aliphatic carbocycles. The fraction of sp³-hybridized carbons (Fsp3) is 0.250. The third-order valence-electron chi connectivity index (χ3n) is 2.33. The van der Waals surface area contributed by atoms with Gasteiger partial charge in [0.25, 0.3) is 0 Å². The van der Waals surface area contributed by atoms with Crippen molar-refractivity contribution >= 4 is 34.0 Å². The summed E-state index contributed by atoms with van der Waals surface area (Å²) in [6.07, 6.45) is 1.10. The molecule has 1 amide bonds. The van der Waals surface area contributed by atoms with Gasteiger partial charge in [-0.05, 0) is 31.0 Å². The second-order valence-electron chi connectivity index (χ2n) is 3.80. The molecule has 0 saturated heterocycles. The maximum Gasteiger partial charge on any atom is 0.226 e. The summed E-state index contributed by atoms with van der Waals surface area (Å²) < 4.78 is 0. The summed E-state index contributed by atoms with van der Waals surface area (Å²) in [6, 6.07) is 7.49. The zero-order valence-electron chi connectivity index (χ0n) is 9.81. The molecule has 0 bridgehead atoms. The minimum Gasteiger partial charge on any atom is -0.301 e. The van der Waals surface area contributed by atoms with Crippen LogP contribution in [-0.2, 0) is 11.2 Å². The van der Waals surface area contributed by atoms with Gasteiger partial charge in [0.15, 0.2) is 0 Å². The van der Waals surface area contributed by atoms with Crippen molar-refractivity contribution in [3.63, 3.8) is 0 Å². The van der Waals surface area contributed by atoms with Crippen molar-refractivity contribution in [2.75, 3.05) is 5.32 Å². The van der Waals surface area contributed by atoms with E-state index in [1.165, 1.54) is 11.3 Å². The molecule has 94 valence electrons. The molecule has 0 fully saturated rings. The molecular formula is C12H12ClN3OS. The van der Waals surface area contributed by atoms with Crippen LogP contribution in [-0.4, -0.2) is 16.1 Å². The van der Waals surface area contributed by atoms with Crippen molar-refractivity contribution in [1.29, 1.82) is 0 Å². The minimum atomic E-state index is -0.0545. The lowest BCUT2D eigenvalue weighted by atomic mass is 10.1. The van der Waals surface area contributed by atoms with Crippen LogP contribution in [0, 0.1) is 6.92 Å². The number of aryl methyl sites for hydroxylation is 2. The van der Waals surface area contributed by atoms with Crippen molar-refractivity contribution in [3.05, 3.63) is 39.9 Å². The first-order valence-corrected chi connectivity index (χ1v) is 6.67. The Morgan fingerprint density at radius 3 is 2.67 bits per heavy atom. The lowest BCUT2D eigenvalue weighted by molar-refractivity contribution is -0.116. The molecule has 0 spiro atoms. The van der Waals surface area contributed by atoms with Gasteiger partial charge in [0, 0.05) is 11.4 Å². The van der Waals surface area contributed by atoms with Crippen LogP contribution < -0.4 is 5.32 Å². The summed E-state index contributed by atoms with van der Waals surface area (Å²) in [5, 5.41) is 12.5. The average Bonchev–Trinajstić information content (AvgIpc) is 2.74. The van der Waals surface area contributed by atoms with E-state index in [9.17, 15) is 4.79 Å². The summed E-state index contributed by atoms with van der Waals surface area (Å²) in [5.41, 5.74) is 1.09. The van der Waals surface area contributed by atoms with Crippen molar-refractivity contribution in [1.82, 2.24) is 10.2 Å². The van der Waals surface area contributed by atoms with Gasteiger partial charge in [-0.2, -0.15) is 0 Å². The number of aromatic nitrogens is 2. The maximum absolute atomic E-state index is 11.7. The fourth-order valence-corrected chi connectivity index (χ4v) is 2.17. The summed E-state index contributed by atoms with van der Waals surface area (Å²) in [6.45, 7) is 1.85. The number of amides is 1. The van der Waals surface area contributed by atoms with E-state index < -0.39 is 0 Å². The molecule has 0 aliphatic rings. The van der Waals surface area contributed by atoms with Crippen LogP contribution in [0.15, 0.2) is 24.3 Å². The van der Waals surface area contributed by atoms with E-state index in [-0.39, 0.29) is 5.91 Å². The number of anilines is 1. The molecular weight excluding hydrogens is 270 g/mol. The van der Waals surface area contributed by atoms with Gasteiger partial charge in [0.05, 0.1) is 0 Å². The molecule has 0 aliphatic heterocycles. The molecule has 1 aromatic carbocycles. The molecule has 6 heteroatoms. The molecule has 1 heterocycles. The predicted molar refractivity (Wildman–Crippen MR) is 73.0 cm³/mol. The normalized spacial score (nSPS) is 10.3.